The zero-order chi connectivity index (χ0) is 15.5. The molecule has 0 unspecified atom stereocenters. The minimum absolute atomic E-state index is 0.407. The van der Waals surface area contributed by atoms with Crippen molar-refractivity contribution in [2.45, 2.75) is 18.9 Å². The molecule has 4 N–H and O–H groups in total. The molecule has 7 heteroatoms. The van der Waals surface area contributed by atoms with Crippen molar-refractivity contribution in [2.24, 2.45) is 11.8 Å². The van der Waals surface area contributed by atoms with Gasteiger partial charge in [-0.25, -0.2) is 0 Å². The highest BCUT2D eigenvalue weighted by molar-refractivity contribution is 7.80. The molecule has 22 heavy (non-hydrogen) atoms. The highest BCUT2D eigenvalue weighted by Crippen LogP contribution is 2.38. The van der Waals surface area contributed by atoms with Crippen molar-refractivity contribution < 1.29 is 0 Å². The van der Waals surface area contributed by atoms with Crippen molar-refractivity contribution in [1.29, 1.82) is 0 Å². The van der Waals surface area contributed by atoms with E-state index in [1.54, 1.807) is 6.07 Å². The summed E-state index contributed by atoms with van der Waals surface area (Å²) >= 11 is 16.6. The number of benzene rings is 1. The van der Waals surface area contributed by atoms with Crippen molar-refractivity contribution in [2.75, 3.05) is 5.32 Å². The molecule has 1 fully saturated rings. The largest absolute Gasteiger partial charge is 0.358 e. The van der Waals surface area contributed by atoms with Gasteiger partial charge < -0.3 is 10.6 Å². The second-order valence-corrected chi connectivity index (χ2v) is 6.77. The Morgan fingerprint density at radius 3 is 2.50 bits per heavy atom. The molecule has 4 nitrogen and oxygen atoms in total. The van der Waals surface area contributed by atoms with E-state index in [1.165, 1.54) is 6.42 Å². The Balaban J connectivity index is 1.42. The summed E-state index contributed by atoms with van der Waals surface area (Å²) < 4.78 is 0. The van der Waals surface area contributed by atoms with E-state index in [1.807, 2.05) is 18.2 Å². The van der Waals surface area contributed by atoms with Gasteiger partial charge in [0.25, 0.3) is 0 Å². The van der Waals surface area contributed by atoms with Gasteiger partial charge in [0.05, 0.1) is 10.7 Å². The summed E-state index contributed by atoms with van der Waals surface area (Å²) in [5.74, 6) is 1.30. The Morgan fingerprint density at radius 2 is 1.82 bits per heavy atom. The Bertz CT molecular complexity index is 619. The van der Waals surface area contributed by atoms with Gasteiger partial charge in [-0.2, -0.15) is 0 Å². The number of fused-ring (bicyclic) bond motifs is 2. The van der Waals surface area contributed by atoms with Crippen LogP contribution in [0.5, 0.6) is 0 Å². The van der Waals surface area contributed by atoms with E-state index in [4.69, 9.17) is 36.0 Å². The lowest BCUT2D eigenvalue weighted by Gasteiger charge is -2.22. The van der Waals surface area contributed by atoms with Gasteiger partial charge in [-0.05, 0) is 61.2 Å². The minimum Gasteiger partial charge on any atom is -0.358 e. The summed E-state index contributed by atoms with van der Waals surface area (Å²) in [6.45, 7) is 0. The number of hydrazine groups is 1. The third-order valence-electron chi connectivity index (χ3n) is 4.01. The summed E-state index contributed by atoms with van der Waals surface area (Å²) in [5, 5.41) is 7.92. The van der Waals surface area contributed by atoms with Crippen LogP contribution >= 0.6 is 36.0 Å². The summed E-state index contributed by atoms with van der Waals surface area (Å²) in [6.07, 6.45) is 6.97. The van der Waals surface area contributed by atoms with Gasteiger partial charge in [0.15, 0.2) is 10.2 Å². The fraction of sp³-hybridized carbons (Fsp3) is 0.333. The third kappa shape index (κ3) is 3.69. The lowest BCUT2D eigenvalue weighted by atomic mass is 10.0. The zero-order valence-corrected chi connectivity index (χ0v) is 14.2. The van der Waals surface area contributed by atoms with Crippen molar-refractivity contribution >= 4 is 51.9 Å². The number of hydrogen-bond donors (Lipinski definition) is 4. The maximum absolute atomic E-state index is 6.07. The number of thiocarbonyl (C=S) groups is 2. The summed E-state index contributed by atoms with van der Waals surface area (Å²) in [4.78, 5) is 0. The van der Waals surface area contributed by atoms with E-state index >= 15 is 0 Å². The van der Waals surface area contributed by atoms with E-state index < -0.39 is 0 Å². The smallest absolute Gasteiger partial charge is 0.189 e. The van der Waals surface area contributed by atoms with Crippen LogP contribution in [0.25, 0.3) is 0 Å². The van der Waals surface area contributed by atoms with Gasteiger partial charge in [0.2, 0.25) is 0 Å². The monoisotopic (exact) mass is 352 g/mol. The molecular weight excluding hydrogens is 336 g/mol. The molecule has 116 valence electrons. The fourth-order valence-electron chi connectivity index (χ4n) is 2.98. The highest BCUT2D eigenvalue weighted by Gasteiger charge is 2.35. The van der Waals surface area contributed by atoms with Crippen LogP contribution in [0, 0.1) is 11.8 Å². The predicted molar refractivity (Wildman–Crippen MR) is 98.8 cm³/mol. The van der Waals surface area contributed by atoms with E-state index in [0.717, 1.165) is 12.1 Å². The number of para-hydroxylation sites is 1. The lowest BCUT2D eigenvalue weighted by molar-refractivity contribution is 0.518. The van der Waals surface area contributed by atoms with Crippen LogP contribution in [0.15, 0.2) is 36.4 Å². The van der Waals surface area contributed by atoms with E-state index in [2.05, 4.69) is 33.6 Å². The minimum atomic E-state index is 0.407. The van der Waals surface area contributed by atoms with Crippen LogP contribution in [-0.2, 0) is 0 Å². The van der Waals surface area contributed by atoms with E-state index in [9.17, 15) is 0 Å². The standard InChI is InChI=1S/C15H17ClN4S2/c16-11-3-1-2-4-12(11)17-14(21)19-20-15(22)18-13-8-9-5-6-10(13)7-9/h1-6,9-10,13H,7-8H2,(H2,17,19,21)(H2,18,20,22)/t9-,10-,13-/m0/s1. The Labute approximate surface area is 145 Å². The Morgan fingerprint density at radius 1 is 1.05 bits per heavy atom. The fourth-order valence-corrected chi connectivity index (χ4v) is 3.53. The van der Waals surface area contributed by atoms with Gasteiger partial charge in [-0.15, -0.1) is 0 Å². The third-order valence-corrected chi connectivity index (χ3v) is 4.76. The first kappa shape index (κ1) is 15.5. The van der Waals surface area contributed by atoms with Gasteiger partial charge in [-0.3, -0.25) is 10.9 Å². The first-order valence-electron chi connectivity index (χ1n) is 7.18. The van der Waals surface area contributed by atoms with Gasteiger partial charge in [0, 0.05) is 6.04 Å². The molecule has 3 atom stereocenters. The molecule has 0 spiro atoms. The number of halogens is 1. The van der Waals surface area contributed by atoms with Crippen LogP contribution < -0.4 is 21.5 Å². The molecule has 2 aliphatic carbocycles. The van der Waals surface area contributed by atoms with E-state index in [0.29, 0.717) is 33.1 Å². The highest BCUT2D eigenvalue weighted by atomic mass is 35.5. The van der Waals surface area contributed by atoms with Crippen LogP contribution in [0.1, 0.15) is 12.8 Å². The predicted octanol–water partition coefficient (Wildman–Crippen LogP) is 2.97. The number of rotatable bonds is 2. The molecule has 3 rings (SSSR count). The second kappa shape index (κ2) is 6.81. The number of allylic oxidation sites excluding steroid dienone is 1. The van der Waals surface area contributed by atoms with Crippen molar-refractivity contribution in [3.8, 4) is 0 Å². The van der Waals surface area contributed by atoms with Crippen LogP contribution in [-0.4, -0.2) is 16.3 Å². The quantitative estimate of drug-likeness (QED) is 0.373. The molecular formula is C15H17ClN4S2. The molecule has 1 aromatic rings. The molecule has 1 saturated carbocycles. The molecule has 0 heterocycles. The second-order valence-electron chi connectivity index (χ2n) is 5.54. The van der Waals surface area contributed by atoms with Crippen molar-refractivity contribution in [3.05, 3.63) is 41.4 Å². The zero-order valence-electron chi connectivity index (χ0n) is 11.8. The van der Waals surface area contributed by atoms with Gasteiger partial charge in [0.1, 0.15) is 0 Å². The molecule has 0 aromatic heterocycles. The van der Waals surface area contributed by atoms with Gasteiger partial charge in [-0.1, -0.05) is 35.9 Å². The maximum atomic E-state index is 6.07. The van der Waals surface area contributed by atoms with Crippen molar-refractivity contribution in [3.63, 3.8) is 0 Å². The topological polar surface area (TPSA) is 48.1 Å². The first-order chi connectivity index (χ1) is 10.6. The SMILES string of the molecule is S=C(NNC(=S)N[C@H]1C[C@H]2C=C[C@H]1C2)Nc1ccccc1Cl. The van der Waals surface area contributed by atoms with Crippen LogP contribution in [0.4, 0.5) is 5.69 Å². The Kier molecular flexibility index (Phi) is 4.81. The van der Waals surface area contributed by atoms with Crippen molar-refractivity contribution in [1.82, 2.24) is 16.2 Å². The number of hydrogen-bond acceptors (Lipinski definition) is 2. The molecule has 0 saturated heterocycles. The summed E-state index contributed by atoms with van der Waals surface area (Å²) in [6, 6.07) is 7.83. The molecule has 0 radical (unpaired) electrons. The molecule has 1 aromatic carbocycles. The number of anilines is 1. The van der Waals surface area contributed by atoms with E-state index in [-0.39, 0.29) is 0 Å². The first-order valence-corrected chi connectivity index (χ1v) is 8.37. The normalized spacial score (nSPS) is 24.9. The van der Waals surface area contributed by atoms with Crippen LogP contribution in [0.3, 0.4) is 0 Å². The van der Waals surface area contributed by atoms with Gasteiger partial charge >= 0.3 is 0 Å². The Hall–Kier alpha value is -1.37. The molecule has 0 amide bonds. The lowest BCUT2D eigenvalue weighted by Crippen LogP contribution is -2.51. The summed E-state index contributed by atoms with van der Waals surface area (Å²) in [5.41, 5.74) is 6.52. The molecule has 2 aliphatic rings. The number of nitrogens with one attached hydrogen (secondary N) is 4. The maximum Gasteiger partial charge on any atom is 0.189 e. The molecule has 0 aliphatic heterocycles. The average Bonchev–Trinajstić information content (AvgIpc) is 3.10. The average molecular weight is 353 g/mol. The van der Waals surface area contributed by atoms with Crippen LogP contribution in [0.2, 0.25) is 5.02 Å². The molecule has 2 bridgehead atoms. The summed E-state index contributed by atoms with van der Waals surface area (Å²) in [7, 11) is 0.